The number of amides is 1. The molecule has 1 aliphatic rings. The summed E-state index contributed by atoms with van der Waals surface area (Å²) in [5.74, 6) is 0.225. The number of nitrogen functional groups attached to an aromatic ring is 1. The van der Waals surface area contributed by atoms with Crippen molar-refractivity contribution in [2.45, 2.75) is 25.7 Å². The smallest absolute Gasteiger partial charge is 0.224 e. The maximum Gasteiger partial charge on any atom is 0.224 e. The first kappa shape index (κ1) is 14.8. The minimum Gasteiger partial charge on any atom is -0.399 e. The minimum atomic E-state index is -0.460. The van der Waals surface area contributed by atoms with Crippen LogP contribution < -0.4 is 11.1 Å². The second-order valence-electron chi connectivity index (χ2n) is 5.60. The van der Waals surface area contributed by atoms with Gasteiger partial charge < -0.3 is 16.0 Å². The summed E-state index contributed by atoms with van der Waals surface area (Å²) in [5, 5.41) is 2.57. The molecule has 0 radical (unpaired) electrons. The molecule has 110 valence electrons. The van der Waals surface area contributed by atoms with Crippen molar-refractivity contribution in [3.05, 3.63) is 24.0 Å². The Labute approximate surface area is 119 Å². The van der Waals surface area contributed by atoms with Crippen molar-refractivity contribution in [2.75, 3.05) is 31.2 Å². The third-order valence-electron chi connectivity index (χ3n) is 3.47. The van der Waals surface area contributed by atoms with Gasteiger partial charge in [-0.2, -0.15) is 0 Å². The van der Waals surface area contributed by atoms with Crippen LogP contribution in [0.15, 0.2) is 18.2 Å². The normalized spacial score (nSPS) is 14.6. The fourth-order valence-electron chi connectivity index (χ4n) is 2.19. The molecule has 1 fully saturated rings. The molecule has 5 heteroatoms. The molecule has 0 atom stereocenters. The molecule has 1 amide bonds. The minimum absolute atomic E-state index is 0.154. The van der Waals surface area contributed by atoms with E-state index in [9.17, 15) is 9.18 Å². The quantitative estimate of drug-likeness (QED) is 0.754. The third-order valence-corrected chi connectivity index (χ3v) is 3.47. The lowest BCUT2D eigenvalue weighted by Gasteiger charge is -2.15. The van der Waals surface area contributed by atoms with E-state index in [0.717, 1.165) is 25.4 Å². The van der Waals surface area contributed by atoms with Crippen LogP contribution in [0.4, 0.5) is 15.8 Å². The summed E-state index contributed by atoms with van der Waals surface area (Å²) in [5.41, 5.74) is 6.16. The fourth-order valence-corrected chi connectivity index (χ4v) is 2.19. The van der Waals surface area contributed by atoms with Crippen LogP contribution in [-0.4, -0.2) is 30.9 Å². The molecule has 2 rings (SSSR count). The number of hydrogen-bond acceptors (Lipinski definition) is 3. The van der Waals surface area contributed by atoms with Gasteiger partial charge in [0.25, 0.3) is 0 Å². The SMILES string of the molecule is CN(CCCC(=O)Nc1cc(N)ccc1F)CC1CC1. The van der Waals surface area contributed by atoms with E-state index >= 15 is 0 Å². The summed E-state index contributed by atoms with van der Waals surface area (Å²) in [7, 11) is 2.08. The summed E-state index contributed by atoms with van der Waals surface area (Å²) in [4.78, 5) is 14.0. The lowest BCUT2D eigenvalue weighted by Crippen LogP contribution is -2.23. The topological polar surface area (TPSA) is 58.4 Å². The van der Waals surface area contributed by atoms with E-state index in [0.29, 0.717) is 12.1 Å². The maximum atomic E-state index is 13.5. The van der Waals surface area contributed by atoms with Gasteiger partial charge in [0.15, 0.2) is 0 Å². The molecule has 0 aliphatic heterocycles. The van der Waals surface area contributed by atoms with Gasteiger partial charge in [-0.25, -0.2) is 4.39 Å². The van der Waals surface area contributed by atoms with E-state index in [2.05, 4.69) is 17.3 Å². The van der Waals surface area contributed by atoms with Crippen LogP contribution in [0.5, 0.6) is 0 Å². The van der Waals surface area contributed by atoms with Crippen molar-refractivity contribution in [2.24, 2.45) is 5.92 Å². The predicted molar refractivity (Wildman–Crippen MR) is 78.9 cm³/mol. The monoisotopic (exact) mass is 279 g/mol. The first-order valence-corrected chi connectivity index (χ1v) is 7.08. The number of carbonyl (C=O) groups excluding carboxylic acids is 1. The summed E-state index contributed by atoms with van der Waals surface area (Å²) in [6.45, 7) is 2.01. The number of hydrogen-bond donors (Lipinski definition) is 2. The molecular weight excluding hydrogens is 257 g/mol. The highest BCUT2D eigenvalue weighted by Gasteiger charge is 2.22. The standard InChI is InChI=1S/C15H22FN3O/c1-19(10-11-4-5-11)8-2-3-15(20)18-14-9-12(17)6-7-13(14)16/h6-7,9,11H,2-5,8,10,17H2,1H3,(H,18,20). The Morgan fingerprint density at radius 1 is 1.50 bits per heavy atom. The van der Waals surface area contributed by atoms with Gasteiger partial charge in [-0.05, 0) is 57.0 Å². The second-order valence-corrected chi connectivity index (χ2v) is 5.60. The van der Waals surface area contributed by atoms with Crippen molar-refractivity contribution in [1.82, 2.24) is 4.90 Å². The number of halogens is 1. The molecular formula is C15H22FN3O. The van der Waals surface area contributed by atoms with E-state index < -0.39 is 5.82 Å². The highest BCUT2D eigenvalue weighted by molar-refractivity contribution is 5.91. The van der Waals surface area contributed by atoms with Gasteiger partial charge >= 0.3 is 0 Å². The highest BCUT2D eigenvalue weighted by Crippen LogP contribution is 2.29. The number of benzene rings is 1. The summed E-state index contributed by atoms with van der Waals surface area (Å²) in [6, 6.07) is 4.17. The number of carbonyl (C=O) groups is 1. The molecule has 0 saturated heterocycles. The zero-order chi connectivity index (χ0) is 14.5. The number of nitrogens with zero attached hydrogens (tertiary/aromatic N) is 1. The average molecular weight is 279 g/mol. The number of rotatable bonds is 7. The van der Waals surface area contributed by atoms with Gasteiger partial charge in [0, 0.05) is 18.7 Å². The molecule has 0 heterocycles. The molecule has 3 N–H and O–H groups in total. The van der Waals surface area contributed by atoms with Gasteiger partial charge in [-0.1, -0.05) is 0 Å². The lowest BCUT2D eigenvalue weighted by molar-refractivity contribution is -0.116. The summed E-state index contributed by atoms with van der Waals surface area (Å²) >= 11 is 0. The molecule has 0 aromatic heterocycles. The Balaban J connectivity index is 1.70. The van der Waals surface area contributed by atoms with Crippen LogP contribution in [0.3, 0.4) is 0 Å². The van der Waals surface area contributed by atoms with Crippen LogP contribution in [0.1, 0.15) is 25.7 Å². The summed E-state index contributed by atoms with van der Waals surface area (Å²) < 4.78 is 13.5. The van der Waals surface area contributed by atoms with Crippen molar-refractivity contribution in [3.63, 3.8) is 0 Å². The molecule has 1 aliphatic carbocycles. The Hall–Kier alpha value is -1.62. The first-order valence-electron chi connectivity index (χ1n) is 7.08. The number of nitrogens with two attached hydrogens (primary N) is 1. The van der Waals surface area contributed by atoms with E-state index in [-0.39, 0.29) is 11.6 Å². The number of anilines is 2. The van der Waals surface area contributed by atoms with Gasteiger partial charge in [-0.3, -0.25) is 4.79 Å². The fraction of sp³-hybridized carbons (Fsp3) is 0.533. The van der Waals surface area contributed by atoms with Gasteiger partial charge in [0.2, 0.25) is 5.91 Å². The zero-order valence-corrected chi connectivity index (χ0v) is 11.9. The van der Waals surface area contributed by atoms with E-state index in [1.807, 2.05) is 0 Å². The predicted octanol–water partition coefficient (Wildman–Crippen LogP) is 2.47. The Morgan fingerprint density at radius 3 is 2.95 bits per heavy atom. The third kappa shape index (κ3) is 4.81. The Kier molecular flexibility index (Phi) is 4.95. The van der Waals surface area contributed by atoms with E-state index in [4.69, 9.17) is 5.73 Å². The molecule has 4 nitrogen and oxygen atoms in total. The number of nitrogens with one attached hydrogen (secondary N) is 1. The van der Waals surface area contributed by atoms with Crippen molar-refractivity contribution in [1.29, 1.82) is 0 Å². The largest absolute Gasteiger partial charge is 0.399 e. The van der Waals surface area contributed by atoms with Crippen LogP contribution in [0.25, 0.3) is 0 Å². The van der Waals surface area contributed by atoms with Crippen LogP contribution in [-0.2, 0) is 4.79 Å². The van der Waals surface area contributed by atoms with E-state index in [1.165, 1.54) is 31.0 Å². The Morgan fingerprint density at radius 2 is 2.25 bits per heavy atom. The molecule has 1 saturated carbocycles. The van der Waals surface area contributed by atoms with Gasteiger partial charge in [0.1, 0.15) is 5.82 Å². The second kappa shape index (κ2) is 6.70. The zero-order valence-electron chi connectivity index (χ0n) is 11.9. The first-order chi connectivity index (χ1) is 9.54. The van der Waals surface area contributed by atoms with E-state index in [1.54, 1.807) is 0 Å². The molecule has 0 bridgehead atoms. The van der Waals surface area contributed by atoms with Crippen molar-refractivity contribution < 1.29 is 9.18 Å². The van der Waals surface area contributed by atoms with Crippen LogP contribution >= 0.6 is 0 Å². The van der Waals surface area contributed by atoms with Gasteiger partial charge in [-0.15, -0.1) is 0 Å². The average Bonchev–Trinajstić information content (AvgIpc) is 3.17. The Bertz CT molecular complexity index is 474. The molecule has 1 aromatic carbocycles. The maximum absolute atomic E-state index is 13.5. The lowest BCUT2D eigenvalue weighted by atomic mass is 10.2. The van der Waals surface area contributed by atoms with Gasteiger partial charge in [0.05, 0.1) is 5.69 Å². The molecule has 0 unspecified atom stereocenters. The molecule has 20 heavy (non-hydrogen) atoms. The highest BCUT2D eigenvalue weighted by atomic mass is 19.1. The molecule has 1 aromatic rings. The molecule has 0 spiro atoms. The van der Waals surface area contributed by atoms with Crippen LogP contribution in [0.2, 0.25) is 0 Å². The van der Waals surface area contributed by atoms with Crippen molar-refractivity contribution >= 4 is 17.3 Å². The van der Waals surface area contributed by atoms with Crippen LogP contribution in [0, 0.1) is 11.7 Å². The van der Waals surface area contributed by atoms with Crippen molar-refractivity contribution in [3.8, 4) is 0 Å². The summed E-state index contributed by atoms with van der Waals surface area (Å²) in [6.07, 6.45) is 3.83.